The van der Waals surface area contributed by atoms with Crippen LogP contribution in [-0.2, 0) is 15.9 Å². The van der Waals surface area contributed by atoms with Gasteiger partial charge in [0.1, 0.15) is 0 Å². The molecule has 2 unspecified atom stereocenters. The summed E-state index contributed by atoms with van der Waals surface area (Å²) in [5, 5.41) is 3.65. The van der Waals surface area contributed by atoms with E-state index in [1.54, 1.807) is 0 Å². The zero-order chi connectivity index (χ0) is 13.5. The van der Waals surface area contributed by atoms with Crippen LogP contribution in [0.15, 0.2) is 9.85 Å². The Hall–Kier alpha value is 0.0600. The Morgan fingerprint density at radius 1 is 1.53 bits per heavy atom. The van der Waals surface area contributed by atoms with Gasteiger partial charge in [-0.1, -0.05) is 0 Å². The standard InChI is InChI=1S/C14H20BrNO2S/c1-14(2)17-8-9(18-14)7-16-11-4-3-5-12-10(11)6-13(15)19-12/h6,9,11,16H,3-5,7-8H2,1-2H3. The third kappa shape index (κ3) is 3.22. The maximum Gasteiger partial charge on any atom is 0.163 e. The van der Waals surface area contributed by atoms with Crippen molar-refractivity contribution in [2.24, 2.45) is 0 Å². The van der Waals surface area contributed by atoms with Gasteiger partial charge < -0.3 is 14.8 Å². The Bertz CT molecular complexity index is 460. The van der Waals surface area contributed by atoms with E-state index >= 15 is 0 Å². The van der Waals surface area contributed by atoms with Crippen LogP contribution in [0, 0.1) is 0 Å². The number of aryl methyl sites for hydroxylation is 1. The van der Waals surface area contributed by atoms with Crippen LogP contribution in [0.4, 0.5) is 0 Å². The molecular formula is C14H20BrNO2S. The van der Waals surface area contributed by atoms with Gasteiger partial charge in [-0.3, -0.25) is 0 Å². The highest BCUT2D eigenvalue weighted by molar-refractivity contribution is 9.11. The van der Waals surface area contributed by atoms with Crippen LogP contribution in [-0.4, -0.2) is 25.0 Å². The summed E-state index contributed by atoms with van der Waals surface area (Å²) in [5.41, 5.74) is 1.47. The van der Waals surface area contributed by atoms with Crippen LogP contribution in [0.5, 0.6) is 0 Å². The Morgan fingerprint density at radius 2 is 2.37 bits per heavy atom. The predicted molar refractivity (Wildman–Crippen MR) is 80.6 cm³/mol. The van der Waals surface area contributed by atoms with Crippen molar-refractivity contribution in [1.29, 1.82) is 0 Å². The minimum Gasteiger partial charge on any atom is -0.348 e. The summed E-state index contributed by atoms with van der Waals surface area (Å²) < 4.78 is 12.7. The molecule has 19 heavy (non-hydrogen) atoms. The Balaban J connectivity index is 1.59. The third-order valence-corrected chi connectivity index (χ3v) is 5.46. The molecule has 1 saturated heterocycles. The lowest BCUT2D eigenvalue weighted by Gasteiger charge is -2.25. The molecule has 1 aliphatic carbocycles. The first-order chi connectivity index (χ1) is 9.03. The first-order valence-electron chi connectivity index (χ1n) is 6.87. The molecule has 0 aromatic carbocycles. The van der Waals surface area contributed by atoms with Gasteiger partial charge in [0, 0.05) is 17.5 Å². The van der Waals surface area contributed by atoms with Crippen LogP contribution in [0.25, 0.3) is 0 Å². The van der Waals surface area contributed by atoms with Gasteiger partial charge in [-0.2, -0.15) is 0 Å². The molecule has 1 aliphatic heterocycles. The summed E-state index contributed by atoms with van der Waals surface area (Å²) in [4.78, 5) is 1.53. The number of rotatable bonds is 3. The Kier molecular flexibility index (Phi) is 4.02. The molecule has 3 rings (SSSR count). The van der Waals surface area contributed by atoms with E-state index in [1.165, 1.54) is 33.5 Å². The molecule has 2 aliphatic rings. The predicted octanol–water partition coefficient (Wildman–Crippen LogP) is 3.63. The number of hydrogen-bond acceptors (Lipinski definition) is 4. The fourth-order valence-corrected chi connectivity index (χ4v) is 4.69. The molecular weight excluding hydrogens is 326 g/mol. The molecule has 2 atom stereocenters. The van der Waals surface area contributed by atoms with E-state index in [2.05, 4.69) is 27.3 Å². The van der Waals surface area contributed by atoms with E-state index in [9.17, 15) is 0 Å². The van der Waals surface area contributed by atoms with E-state index in [4.69, 9.17) is 9.47 Å². The fourth-order valence-electron chi connectivity index (χ4n) is 2.87. The number of fused-ring (bicyclic) bond motifs is 1. The summed E-state index contributed by atoms with van der Waals surface area (Å²) in [6.45, 7) is 5.50. The van der Waals surface area contributed by atoms with E-state index < -0.39 is 5.79 Å². The SMILES string of the molecule is CC1(C)OCC(CNC2CCCc3sc(Br)cc32)O1. The van der Waals surface area contributed by atoms with Gasteiger partial charge in [0.2, 0.25) is 0 Å². The molecule has 0 amide bonds. The molecule has 3 nitrogen and oxygen atoms in total. The minimum atomic E-state index is -0.421. The van der Waals surface area contributed by atoms with Gasteiger partial charge in [0.15, 0.2) is 5.79 Å². The first-order valence-corrected chi connectivity index (χ1v) is 8.48. The number of hydrogen-bond donors (Lipinski definition) is 1. The maximum absolute atomic E-state index is 5.84. The fraction of sp³-hybridized carbons (Fsp3) is 0.714. The van der Waals surface area contributed by atoms with Gasteiger partial charge in [-0.15, -0.1) is 11.3 Å². The largest absolute Gasteiger partial charge is 0.348 e. The number of ether oxygens (including phenoxy) is 2. The molecule has 0 spiro atoms. The molecule has 1 aromatic heterocycles. The lowest BCUT2D eigenvalue weighted by Crippen LogP contribution is -2.34. The minimum absolute atomic E-state index is 0.169. The molecule has 1 aromatic rings. The zero-order valence-electron chi connectivity index (χ0n) is 11.4. The van der Waals surface area contributed by atoms with Crippen molar-refractivity contribution >= 4 is 27.3 Å². The average Bonchev–Trinajstić information content (AvgIpc) is 2.88. The van der Waals surface area contributed by atoms with Gasteiger partial charge >= 0.3 is 0 Å². The quantitative estimate of drug-likeness (QED) is 0.907. The average molecular weight is 346 g/mol. The van der Waals surface area contributed by atoms with Crippen LogP contribution >= 0.6 is 27.3 Å². The molecule has 2 heterocycles. The molecule has 5 heteroatoms. The van der Waals surface area contributed by atoms with Crippen molar-refractivity contribution in [3.63, 3.8) is 0 Å². The highest BCUT2D eigenvalue weighted by Crippen LogP contribution is 2.38. The van der Waals surface area contributed by atoms with Gasteiger partial charge in [0.25, 0.3) is 0 Å². The van der Waals surface area contributed by atoms with Crippen molar-refractivity contribution < 1.29 is 9.47 Å². The van der Waals surface area contributed by atoms with Gasteiger partial charge in [-0.25, -0.2) is 0 Å². The van der Waals surface area contributed by atoms with Crippen molar-refractivity contribution in [1.82, 2.24) is 5.32 Å². The summed E-state index contributed by atoms with van der Waals surface area (Å²) in [6.07, 6.45) is 3.88. The summed E-state index contributed by atoms with van der Waals surface area (Å²) in [6, 6.07) is 2.74. The third-order valence-electron chi connectivity index (χ3n) is 3.74. The molecule has 0 radical (unpaired) electrons. The van der Waals surface area contributed by atoms with Crippen LogP contribution in [0.2, 0.25) is 0 Å². The molecule has 1 fully saturated rings. The van der Waals surface area contributed by atoms with E-state index in [1.807, 2.05) is 25.2 Å². The summed E-state index contributed by atoms with van der Waals surface area (Å²) in [7, 11) is 0. The lowest BCUT2D eigenvalue weighted by atomic mass is 9.94. The van der Waals surface area contributed by atoms with Crippen LogP contribution in [0.3, 0.4) is 0 Å². The van der Waals surface area contributed by atoms with E-state index in [0.717, 1.165) is 6.54 Å². The highest BCUT2D eigenvalue weighted by atomic mass is 79.9. The van der Waals surface area contributed by atoms with Crippen molar-refractivity contribution in [3.8, 4) is 0 Å². The highest BCUT2D eigenvalue weighted by Gasteiger charge is 2.33. The lowest BCUT2D eigenvalue weighted by molar-refractivity contribution is -0.137. The number of halogens is 1. The smallest absolute Gasteiger partial charge is 0.163 e. The van der Waals surface area contributed by atoms with E-state index in [0.29, 0.717) is 12.6 Å². The second kappa shape index (κ2) is 5.45. The van der Waals surface area contributed by atoms with Gasteiger partial charge in [-0.05, 0) is 60.7 Å². The molecule has 0 saturated carbocycles. The summed E-state index contributed by atoms with van der Waals surface area (Å²) >= 11 is 5.47. The number of nitrogens with one attached hydrogen (secondary N) is 1. The van der Waals surface area contributed by atoms with Gasteiger partial charge in [0.05, 0.1) is 16.5 Å². The number of thiophene rings is 1. The maximum atomic E-state index is 5.84. The molecule has 106 valence electrons. The first kappa shape index (κ1) is 14.0. The normalized spacial score (nSPS) is 29.4. The molecule has 0 bridgehead atoms. The Morgan fingerprint density at radius 3 is 3.11 bits per heavy atom. The van der Waals surface area contributed by atoms with Crippen LogP contribution < -0.4 is 5.32 Å². The topological polar surface area (TPSA) is 30.5 Å². The zero-order valence-corrected chi connectivity index (χ0v) is 13.8. The second-order valence-electron chi connectivity index (χ2n) is 5.73. The van der Waals surface area contributed by atoms with Crippen LogP contribution in [0.1, 0.15) is 43.2 Å². The van der Waals surface area contributed by atoms with E-state index in [-0.39, 0.29) is 6.10 Å². The van der Waals surface area contributed by atoms with Crippen molar-refractivity contribution in [2.75, 3.05) is 13.2 Å². The van der Waals surface area contributed by atoms with Crippen molar-refractivity contribution in [3.05, 3.63) is 20.3 Å². The summed E-state index contributed by atoms with van der Waals surface area (Å²) in [5.74, 6) is -0.421. The monoisotopic (exact) mass is 345 g/mol. The Labute approximate surface area is 126 Å². The second-order valence-corrected chi connectivity index (χ2v) is 8.25. The molecule has 1 N–H and O–H groups in total. The van der Waals surface area contributed by atoms with Crippen molar-refractivity contribution in [2.45, 2.75) is 51.0 Å².